The minimum Gasteiger partial charge on any atom is -0.491 e. The average Bonchev–Trinajstić information content (AvgIpc) is 3.03. The minimum absolute atomic E-state index is 0.0599. The van der Waals surface area contributed by atoms with Crippen LogP contribution in [0.4, 0.5) is 4.79 Å². The van der Waals surface area contributed by atoms with Crippen LogP contribution in [0.1, 0.15) is 19.4 Å². The number of hydrogen-bond acceptors (Lipinski definition) is 5. The summed E-state index contributed by atoms with van der Waals surface area (Å²) in [6.45, 7) is 4.34. The molecule has 32 heavy (non-hydrogen) atoms. The highest BCUT2D eigenvalue weighted by atomic mass is 79.9. The maximum Gasteiger partial charge on any atom is 0.293 e. The maximum absolute atomic E-state index is 12.8. The molecule has 1 heterocycles. The van der Waals surface area contributed by atoms with Gasteiger partial charge in [-0.15, -0.1) is 0 Å². The third-order valence-corrected chi connectivity index (χ3v) is 6.34. The standard InChI is InChI=1S/C25H22BrNO4S/c1-16(2)31-22-11-10-17(14-20(22)26)15-23-24(28)27(25(29)32-23)12-13-30-21-9-5-7-18-6-3-4-8-19(18)21/h3-11,14-16H,12-13H2,1-2H3/b23-15-. The van der Waals surface area contributed by atoms with Crippen LogP contribution in [0.5, 0.6) is 11.5 Å². The van der Waals surface area contributed by atoms with E-state index in [0.29, 0.717) is 4.91 Å². The van der Waals surface area contributed by atoms with E-state index >= 15 is 0 Å². The Labute approximate surface area is 199 Å². The van der Waals surface area contributed by atoms with E-state index in [1.165, 1.54) is 4.90 Å². The molecular weight excluding hydrogens is 490 g/mol. The van der Waals surface area contributed by atoms with Crippen LogP contribution in [0.15, 0.2) is 70.0 Å². The number of carbonyl (C=O) groups is 2. The van der Waals surface area contributed by atoms with Crippen molar-refractivity contribution in [2.75, 3.05) is 13.2 Å². The fraction of sp³-hybridized carbons (Fsp3) is 0.200. The second kappa shape index (κ2) is 9.79. The first-order valence-corrected chi connectivity index (χ1v) is 11.9. The third kappa shape index (κ3) is 5.00. The number of imide groups is 1. The molecule has 0 aromatic heterocycles. The van der Waals surface area contributed by atoms with Gasteiger partial charge in [0.2, 0.25) is 0 Å². The molecule has 1 fully saturated rings. The fourth-order valence-corrected chi connectivity index (χ4v) is 4.72. The summed E-state index contributed by atoms with van der Waals surface area (Å²) in [6, 6.07) is 19.3. The molecule has 1 saturated heterocycles. The summed E-state index contributed by atoms with van der Waals surface area (Å²) >= 11 is 4.44. The van der Waals surface area contributed by atoms with E-state index in [1.807, 2.05) is 74.5 Å². The van der Waals surface area contributed by atoms with E-state index in [9.17, 15) is 9.59 Å². The number of hydrogen-bond donors (Lipinski definition) is 0. The van der Waals surface area contributed by atoms with Crippen molar-refractivity contribution < 1.29 is 19.1 Å². The number of amides is 2. The Morgan fingerprint density at radius 3 is 2.59 bits per heavy atom. The van der Waals surface area contributed by atoms with Gasteiger partial charge in [-0.3, -0.25) is 14.5 Å². The van der Waals surface area contributed by atoms with Crippen molar-refractivity contribution in [3.8, 4) is 11.5 Å². The molecule has 0 radical (unpaired) electrons. The highest BCUT2D eigenvalue weighted by Crippen LogP contribution is 2.34. The van der Waals surface area contributed by atoms with Crippen molar-refractivity contribution in [3.05, 3.63) is 75.6 Å². The topological polar surface area (TPSA) is 55.8 Å². The van der Waals surface area contributed by atoms with E-state index in [-0.39, 0.29) is 30.4 Å². The molecule has 2 amide bonds. The van der Waals surface area contributed by atoms with Gasteiger partial charge in [-0.1, -0.05) is 42.5 Å². The van der Waals surface area contributed by atoms with E-state index in [4.69, 9.17) is 9.47 Å². The summed E-state index contributed by atoms with van der Waals surface area (Å²) < 4.78 is 12.4. The zero-order valence-electron chi connectivity index (χ0n) is 17.7. The lowest BCUT2D eigenvalue weighted by Gasteiger charge is -2.14. The van der Waals surface area contributed by atoms with Crippen LogP contribution in [-0.2, 0) is 4.79 Å². The first-order chi connectivity index (χ1) is 15.4. The number of rotatable bonds is 7. The Morgan fingerprint density at radius 2 is 1.81 bits per heavy atom. The lowest BCUT2D eigenvalue weighted by atomic mass is 10.1. The van der Waals surface area contributed by atoms with Crippen LogP contribution in [0.3, 0.4) is 0 Å². The Morgan fingerprint density at radius 1 is 1.03 bits per heavy atom. The van der Waals surface area contributed by atoms with Gasteiger partial charge in [0.1, 0.15) is 18.1 Å². The van der Waals surface area contributed by atoms with Crippen molar-refractivity contribution in [2.24, 2.45) is 0 Å². The van der Waals surface area contributed by atoms with E-state index in [0.717, 1.165) is 44.1 Å². The number of halogens is 1. The molecule has 0 N–H and O–H groups in total. The molecule has 1 aliphatic heterocycles. The molecule has 3 aromatic carbocycles. The van der Waals surface area contributed by atoms with Gasteiger partial charge in [0.25, 0.3) is 11.1 Å². The molecule has 1 aliphatic rings. The van der Waals surface area contributed by atoms with Crippen LogP contribution in [-0.4, -0.2) is 35.3 Å². The highest BCUT2D eigenvalue weighted by Gasteiger charge is 2.34. The van der Waals surface area contributed by atoms with Gasteiger partial charge in [-0.2, -0.15) is 0 Å². The largest absolute Gasteiger partial charge is 0.491 e. The van der Waals surface area contributed by atoms with Crippen molar-refractivity contribution >= 4 is 55.7 Å². The van der Waals surface area contributed by atoms with Crippen LogP contribution in [0.25, 0.3) is 16.8 Å². The second-order valence-corrected chi connectivity index (χ2v) is 9.36. The van der Waals surface area contributed by atoms with Crippen LogP contribution >= 0.6 is 27.7 Å². The van der Waals surface area contributed by atoms with Crippen molar-refractivity contribution in [3.63, 3.8) is 0 Å². The first-order valence-electron chi connectivity index (χ1n) is 10.2. The predicted octanol–water partition coefficient (Wildman–Crippen LogP) is 6.50. The summed E-state index contributed by atoms with van der Waals surface area (Å²) in [5.41, 5.74) is 0.811. The van der Waals surface area contributed by atoms with Gasteiger partial charge < -0.3 is 9.47 Å². The van der Waals surface area contributed by atoms with Crippen molar-refractivity contribution in [2.45, 2.75) is 20.0 Å². The molecule has 7 heteroatoms. The second-order valence-electron chi connectivity index (χ2n) is 7.52. The normalized spacial score (nSPS) is 15.2. The fourth-order valence-electron chi connectivity index (χ4n) is 3.37. The van der Waals surface area contributed by atoms with E-state index < -0.39 is 0 Å². The van der Waals surface area contributed by atoms with E-state index in [2.05, 4.69) is 15.9 Å². The lowest BCUT2D eigenvalue weighted by Crippen LogP contribution is -2.32. The van der Waals surface area contributed by atoms with Gasteiger partial charge in [0, 0.05) is 5.39 Å². The average molecular weight is 512 g/mol. The lowest BCUT2D eigenvalue weighted by molar-refractivity contribution is -0.123. The Bertz CT molecular complexity index is 1200. The summed E-state index contributed by atoms with van der Waals surface area (Å²) in [5.74, 6) is 1.16. The number of ether oxygens (including phenoxy) is 2. The minimum atomic E-state index is -0.305. The zero-order valence-corrected chi connectivity index (χ0v) is 20.1. The van der Waals surface area contributed by atoms with Crippen LogP contribution in [0.2, 0.25) is 0 Å². The van der Waals surface area contributed by atoms with Gasteiger partial charge in [0.05, 0.1) is 22.0 Å². The van der Waals surface area contributed by atoms with Crippen molar-refractivity contribution in [1.29, 1.82) is 0 Å². The van der Waals surface area contributed by atoms with Gasteiger partial charge in [0.15, 0.2) is 0 Å². The molecule has 0 unspecified atom stereocenters. The molecule has 164 valence electrons. The highest BCUT2D eigenvalue weighted by molar-refractivity contribution is 9.10. The molecule has 0 atom stereocenters. The molecule has 0 spiro atoms. The van der Waals surface area contributed by atoms with E-state index in [1.54, 1.807) is 6.08 Å². The molecule has 5 nitrogen and oxygen atoms in total. The predicted molar refractivity (Wildman–Crippen MR) is 132 cm³/mol. The van der Waals surface area contributed by atoms with Crippen LogP contribution in [0, 0.1) is 0 Å². The smallest absolute Gasteiger partial charge is 0.293 e. The summed E-state index contributed by atoms with van der Waals surface area (Å²) in [4.78, 5) is 26.8. The molecule has 0 saturated carbocycles. The summed E-state index contributed by atoms with van der Waals surface area (Å²) in [6.07, 6.45) is 1.78. The first kappa shape index (κ1) is 22.4. The SMILES string of the molecule is CC(C)Oc1ccc(/C=C2\SC(=O)N(CCOc3cccc4ccccc34)C2=O)cc1Br. The molecular formula is C25H22BrNO4S. The summed E-state index contributed by atoms with van der Waals surface area (Å²) in [5, 5.41) is 1.79. The Kier molecular flexibility index (Phi) is 6.86. The Balaban J connectivity index is 1.42. The molecule has 3 aromatic rings. The zero-order chi connectivity index (χ0) is 22.7. The maximum atomic E-state index is 12.8. The van der Waals surface area contributed by atoms with Crippen molar-refractivity contribution in [1.82, 2.24) is 4.90 Å². The third-order valence-electron chi connectivity index (χ3n) is 4.81. The molecule has 4 rings (SSSR count). The number of fused-ring (bicyclic) bond motifs is 1. The number of benzene rings is 3. The Hall–Kier alpha value is -2.77. The van der Waals surface area contributed by atoms with Gasteiger partial charge in [-0.25, -0.2) is 0 Å². The number of carbonyl (C=O) groups excluding carboxylic acids is 2. The van der Waals surface area contributed by atoms with Gasteiger partial charge in [-0.05, 0) is 76.8 Å². The number of nitrogens with zero attached hydrogens (tertiary/aromatic N) is 1. The summed E-state index contributed by atoms with van der Waals surface area (Å²) in [7, 11) is 0. The number of thioether (sulfide) groups is 1. The quantitative estimate of drug-likeness (QED) is 0.338. The molecule has 0 bridgehead atoms. The van der Waals surface area contributed by atoms with Crippen LogP contribution < -0.4 is 9.47 Å². The molecule has 0 aliphatic carbocycles. The van der Waals surface area contributed by atoms with Gasteiger partial charge >= 0.3 is 0 Å². The monoisotopic (exact) mass is 511 g/mol.